The van der Waals surface area contributed by atoms with E-state index >= 15 is 0 Å². The van der Waals surface area contributed by atoms with E-state index in [2.05, 4.69) is 4.98 Å². The number of hydrogen-bond donors (Lipinski definition) is 2. The number of ether oxygens (including phenoxy) is 1. The SMILES string of the molecule is CCC(N)(CC)COc1nccc(C)c1C(N)=O. The normalized spacial score (nSPS) is 11.3. The van der Waals surface area contributed by atoms with Crippen molar-refractivity contribution in [1.29, 1.82) is 0 Å². The highest BCUT2D eigenvalue weighted by molar-refractivity contribution is 5.96. The minimum atomic E-state index is -0.536. The molecule has 100 valence electrons. The molecule has 18 heavy (non-hydrogen) atoms. The van der Waals surface area contributed by atoms with Gasteiger partial charge in [0, 0.05) is 11.7 Å². The predicted octanol–water partition coefficient (Wildman–Crippen LogP) is 1.39. The average Bonchev–Trinajstić information content (AvgIpc) is 2.35. The highest BCUT2D eigenvalue weighted by Gasteiger charge is 2.23. The summed E-state index contributed by atoms with van der Waals surface area (Å²) in [6, 6.07) is 1.72. The molecule has 1 amide bonds. The second kappa shape index (κ2) is 5.82. The molecule has 5 nitrogen and oxygen atoms in total. The topological polar surface area (TPSA) is 91.2 Å². The largest absolute Gasteiger partial charge is 0.475 e. The van der Waals surface area contributed by atoms with Gasteiger partial charge in [-0.25, -0.2) is 4.98 Å². The molecule has 0 radical (unpaired) electrons. The van der Waals surface area contributed by atoms with E-state index in [1.807, 2.05) is 13.8 Å². The Hall–Kier alpha value is -1.62. The van der Waals surface area contributed by atoms with Crippen LogP contribution in [0.2, 0.25) is 0 Å². The van der Waals surface area contributed by atoms with Gasteiger partial charge < -0.3 is 16.2 Å². The van der Waals surface area contributed by atoms with E-state index in [0.29, 0.717) is 12.2 Å². The van der Waals surface area contributed by atoms with E-state index in [9.17, 15) is 4.79 Å². The Morgan fingerprint density at radius 3 is 2.56 bits per heavy atom. The Balaban J connectivity index is 2.92. The van der Waals surface area contributed by atoms with Crippen molar-refractivity contribution in [3.8, 4) is 5.88 Å². The van der Waals surface area contributed by atoms with Gasteiger partial charge in [0.25, 0.3) is 5.91 Å². The number of pyridine rings is 1. The molecular weight excluding hydrogens is 230 g/mol. The number of carbonyl (C=O) groups is 1. The molecule has 5 heteroatoms. The smallest absolute Gasteiger partial charge is 0.254 e. The molecule has 1 rings (SSSR count). The fourth-order valence-corrected chi connectivity index (χ4v) is 1.61. The number of hydrogen-bond acceptors (Lipinski definition) is 4. The molecule has 0 aliphatic rings. The number of aromatic nitrogens is 1. The number of primary amides is 1. The monoisotopic (exact) mass is 251 g/mol. The fraction of sp³-hybridized carbons (Fsp3) is 0.538. The van der Waals surface area contributed by atoms with Crippen LogP contribution >= 0.6 is 0 Å². The Morgan fingerprint density at radius 2 is 2.06 bits per heavy atom. The minimum absolute atomic E-state index is 0.263. The van der Waals surface area contributed by atoms with Crippen molar-refractivity contribution < 1.29 is 9.53 Å². The summed E-state index contributed by atoms with van der Waals surface area (Å²) in [5.74, 6) is -0.273. The third-order valence-corrected chi connectivity index (χ3v) is 3.28. The van der Waals surface area contributed by atoms with Gasteiger partial charge in [-0.3, -0.25) is 4.79 Å². The molecule has 0 aliphatic carbocycles. The van der Waals surface area contributed by atoms with Crippen LogP contribution in [0.3, 0.4) is 0 Å². The van der Waals surface area contributed by atoms with Crippen LogP contribution in [-0.2, 0) is 0 Å². The van der Waals surface area contributed by atoms with Crippen LogP contribution < -0.4 is 16.2 Å². The van der Waals surface area contributed by atoms with Crippen molar-refractivity contribution in [2.45, 2.75) is 39.2 Å². The third kappa shape index (κ3) is 3.20. The van der Waals surface area contributed by atoms with Crippen LogP contribution in [0.1, 0.15) is 42.6 Å². The van der Waals surface area contributed by atoms with Gasteiger partial charge in [0.1, 0.15) is 12.2 Å². The first-order valence-corrected chi connectivity index (χ1v) is 6.10. The third-order valence-electron chi connectivity index (χ3n) is 3.28. The summed E-state index contributed by atoms with van der Waals surface area (Å²) in [6.07, 6.45) is 3.18. The zero-order valence-electron chi connectivity index (χ0n) is 11.2. The van der Waals surface area contributed by atoms with Crippen molar-refractivity contribution in [3.05, 3.63) is 23.4 Å². The molecule has 0 aromatic carbocycles. The maximum atomic E-state index is 11.4. The van der Waals surface area contributed by atoms with Gasteiger partial charge in [-0.1, -0.05) is 13.8 Å². The fourth-order valence-electron chi connectivity index (χ4n) is 1.61. The lowest BCUT2D eigenvalue weighted by molar-refractivity contribution is 0.0992. The predicted molar refractivity (Wildman–Crippen MR) is 70.5 cm³/mol. The van der Waals surface area contributed by atoms with E-state index in [-0.39, 0.29) is 5.88 Å². The van der Waals surface area contributed by atoms with E-state index in [1.54, 1.807) is 19.2 Å². The summed E-state index contributed by atoms with van der Waals surface area (Å²) in [5, 5.41) is 0. The number of rotatable bonds is 6. The van der Waals surface area contributed by atoms with E-state index < -0.39 is 11.4 Å². The Kier molecular flexibility index (Phi) is 4.67. The standard InChI is InChI=1S/C13H21N3O2/c1-4-13(15,5-2)8-18-12-10(11(14)17)9(3)6-7-16-12/h6-7H,4-5,8,15H2,1-3H3,(H2,14,17). The van der Waals surface area contributed by atoms with Crippen molar-refractivity contribution >= 4 is 5.91 Å². The second-order valence-corrected chi connectivity index (χ2v) is 4.53. The highest BCUT2D eigenvalue weighted by atomic mass is 16.5. The summed E-state index contributed by atoms with van der Waals surface area (Å²) in [5.41, 5.74) is 12.1. The van der Waals surface area contributed by atoms with Crippen LogP contribution in [-0.4, -0.2) is 23.0 Å². The zero-order chi connectivity index (χ0) is 13.8. The van der Waals surface area contributed by atoms with Crippen molar-refractivity contribution in [2.24, 2.45) is 11.5 Å². The van der Waals surface area contributed by atoms with Gasteiger partial charge in [0.05, 0.1) is 0 Å². The molecule has 0 saturated heterocycles. The molecule has 4 N–H and O–H groups in total. The van der Waals surface area contributed by atoms with Gasteiger partial charge in [-0.15, -0.1) is 0 Å². The van der Waals surface area contributed by atoms with Gasteiger partial charge >= 0.3 is 0 Å². The molecule has 0 bridgehead atoms. The van der Waals surface area contributed by atoms with Crippen LogP contribution in [0, 0.1) is 6.92 Å². The molecule has 0 saturated carbocycles. The molecule has 0 aliphatic heterocycles. The number of aryl methyl sites for hydroxylation is 1. The summed E-state index contributed by atoms with van der Waals surface area (Å²) < 4.78 is 5.59. The summed E-state index contributed by atoms with van der Waals surface area (Å²) in [7, 11) is 0. The number of nitrogens with two attached hydrogens (primary N) is 2. The number of amides is 1. The van der Waals surface area contributed by atoms with Crippen molar-refractivity contribution in [3.63, 3.8) is 0 Å². The lowest BCUT2D eigenvalue weighted by Crippen LogP contribution is -2.44. The van der Waals surface area contributed by atoms with Crippen LogP contribution in [0.25, 0.3) is 0 Å². The van der Waals surface area contributed by atoms with Crippen molar-refractivity contribution in [2.75, 3.05) is 6.61 Å². The van der Waals surface area contributed by atoms with Crippen LogP contribution in [0.4, 0.5) is 0 Å². The minimum Gasteiger partial charge on any atom is -0.475 e. The van der Waals surface area contributed by atoms with E-state index in [0.717, 1.165) is 18.4 Å². The number of carbonyl (C=O) groups excluding carboxylic acids is 1. The van der Waals surface area contributed by atoms with E-state index in [1.165, 1.54) is 0 Å². The molecule has 0 fully saturated rings. The van der Waals surface area contributed by atoms with E-state index in [4.69, 9.17) is 16.2 Å². The van der Waals surface area contributed by atoms with Gasteiger partial charge in [-0.2, -0.15) is 0 Å². The molecule has 1 aromatic rings. The Labute approximate surface area is 108 Å². The Morgan fingerprint density at radius 1 is 1.44 bits per heavy atom. The quantitative estimate of drug-likeness (QED) is 0.799. The molecule has 0 unspecified atom stereocenters. The summed E-state index contributed by atoms with van der Waals surface area (Å²) >= 11 is 0. The summed E-state index contributed by atoms with van der Waals surface area (Å²) in [6.45, 7) is 6.12. The van der Waals surface area contributed by atoms with Gasteiger partial charge in [0.2, 0.25) is 5.88 Å². The molecule has 0 spiro atoms. The lowest BCUT2D eigenvalue weighted by Gasteiger charge is -2.26. The maximum absolute atomic E-state index is 11.4. The second-order valence-electron chi connectivity index (χ2n) is 4.53. The van der Waals surface area contributed by atoms with Gasteiger partial charge in [0.15, 0.2) is 0 Å². The summed E-state index contributed by atoms with van der Waals surface area (Å²) in [4.78, 5) is 15.4. The Bertz CT molecular complexity index is 428. The van der Waals surface area contributed by atoms with Crippen LogP contribution in [0.15, 0.2) is 12.3 Å². The average molecular weight is 251 g/mol. The molecule has 1 heterocycles. The van der Waals surface area contributed by atoms with Gasteiger partial charge in [-0.05, 0) is 31.4 Å². The molecular formula is C13H21N3O2. The first-order valence-electron chi connectivity index (χ1n) is 6.10. The first kappa shape index (κ1) is 14.4. The first-order chi connectivity index (χ1) is 8.43. The zero-order valence-corrected chi connectivity index (χ0v) is 11.2. The molecule has 1 aromatic heterocycles. The maximum Gasteiger partial charge on any atom is 0.254 e. The number of nitrogens with zero attached hydrogens (tertiary/aromatic N) is 1. The highest BCUT2D eigenvalue weighted by Crippen LogP contribution is 2.20. The lowest BCUT2D eigenvalue weighted by atomic mass is 9.96. The van der Waals surface area contributed by atoms with Crippen molar-refractivity contribution in [1.82, 2.24) is 4.98 Å². The molecule has 0 atom stereocenters. The van der Waals surface area contributed by atoms with Crippen LogP contribution in [0.5, 0.6) is 5.88 Å².